The van der Waals surface area contributed by atoms with E-state index in [2.05, 4.69) is 0 Å². The van der Waals surface area contributed by atoms with Crippen LogP contribution in [-0.2, 0) is 66.7 Å². The predicted molar refractivity (Wildman–Crippen MR) is 214 cm³/mol. The third-order valence-corrected chi connectivity index (χ3v) is 12.7. The molecule has 0 aromatic rings. The van der Waals surface area contributed by atoms with Crippen LogP contribution in [0.1, 0.15) is 98.8 Å². The lowest BCUT2D eigenvalue weighted by atomic mass is 9.72. The topological polar surface area (TPSA) is 217 Å². The zero-order valence-electron chi connectivity index (χ0n) is 35.3. The minimum absolute atomic E-state index is 0.0814. The van der Waals surface area contributed by atoms with E-state index in [0.717, 1.165) is 25.7 Å². The van der Waals surface area contributed by atoms with Gasteiger partial charge in [0.2, 0.25) is 0 Å². The molecule has 0 amide bonds. The summed E-state index contributed by atoms with van der Waals surface area (Å²) in [5.74, 6) is -11.7. The Hall–Kier alpha value is -6.06. The van der Waals surface area contributed by atoms with Crippen molar-refractivity contribution in [3.63, 3.8) is 0 Å². The molecule has 3 aliphatic carbocycles. The summed E-state index contributed by atoms with van der Waals surface area (Å²) in [5, 5.41) is 21.3. The third-order valence-electron chi connectivity index (χ3n) is 12.7. The Morgan fingerprint density at radius 2 is 0.903 bits per heavy atom. The molecule has 6 atom stereocenters. The number of allylic oxidation sites excluding steroid dienone is 8. The van der Waals surface area contributed by atoms with Crippen LogP contribution in [-0.4, -0.2) is 69.2 Å². The highest BCUT2D eigenvalue weighted by molar-refractivity contribution is 6.16. The number of aliphatic hydroxyl groups is 2. The second-order valence-electron chi connectivity index (χ2n) is 17.6. The van der Waals surface area contributed by atoms with Gasteiger partial charge in [0.25, 0.3) is 35.0 Å². The number of ether oxygens (including phenoxy) is 8. The molecule has 4 heterocycles. The van der Waals surface area contributed by atoms with Crippen LogP contribution in [0.15, 0.2) is 94.9 Å². The fourth-order valence-electron chi connectivity index (χ4n) is 9.21. The lowest BCUT2D eigenvalue weighted by Gasteiger charge is -2.47. The van der Waals surface area contributed by atoms with Crippen LogP contribution in [0.4, 0.5) is 0 Å². The van der Waals surface area contributed by atoms with Gasteiger partial charge >= 0.3 is 35.8 Å². The van der Waals surface area contributed by atoms with Crippen LogP contribution >= 0.6 is 0 Å². The Morgan fingerprint density at radius 3 is 1.34 bits per heavy atom. The number of esters is 6. The molecule has 3 saturated carbocycles. The molecule has 0 aromatic heterocycles. The third kappa shape index (κ3) is 8.68. The van der Waals surface area contributed by atoms with Crippen molar-refractivity contribution in [3.8, 4) is 0 Å². The lowest BCUT2D eigenvalue weighted by molar-refractivity contribution is -0.291. The Bertz CT molecular complexity index is 2110. The molecule has 4 aliphatic heterocycles. The first-order valence-electron chi connectivity index (χ1n) is 21.1. The van der Waals surface area contributed by atoms with E-state index < -0.39 is 82.0 Å². The van der Waals surface area contributed by atoms with Crippen LogP contribution in [0.2, 0.25) is 0 Å². The Kier molecular flexibility index (Phi) is 12.1. The van der Waals surface area contributed by atoms with Crippen LogP contribution in [0.5, 0.6) is 0 Å². The molecule has 0 aromatic carbocycles. The molecule has 332 valence electrons. The minimum atomic E-state index is -1.68. The number of carbonyl (C=O) groups excluding carboxylic acids is 6. The summed E-state index contributed by atoms with van der Waals surface area (Å²) in [4.78, 5) is 77.7. The van der Waals surface area contributed by atoms with Gasteiger partial charge in [0.05, 0.1) is 0 Å². The van der Waals surface area contributed by atoms with Crippen LogP contribution < -0.4 is 0 Å². The average Bonchev–Trinajstić information content (AvgIpc) is 3.18. The van der Waals surface area contributed by atoms with Crippen molar-refractivity contribution in [1.82, 2.24) is 0 Å². The highest BCUT2D eigenvalue weighted by atomic mass is 16.8. The standard InChI is InChI=1S/C46H52O16/c1-26(2)34-19-17-28(4)25-46(34)61-41(53)33(42(54)62-46)15-11-7-9-13-31-37(49)57-44(58-38(31)50)22-20-43(21-23-44)55-35(47)30(36(48)56-43)12-8-6-10-14-32-39(51)59-45(60-40(32)52)24-27(3)16-18-29(45)5/h6-15,26-29,34,51,53H,16-25H2,1-5H3/b8-6+,9-7+,14-10+,15-11+,30-12?,31-13?. The molecule has 0 bridgehead atoms. The number of hydrogen-bond donors (Lipinski definition) is 2. The smallest absolute Gasteiger partial charge is 0.348 e. The molecule has 2 N–H and O–H groups in total. The Morgan fingerprint density at radius 1 is 0.500 bits per heavy atom. The molecule has 6 unspecified atom stereocenters. The number of aliphatic hydroxyl groups excluding tert-OH is 2. The summed E-state index contributed by atoms with van der Waals surface area (Å²) in [6.45, 7) is 10.0. The quantitative estimate of drug-likeness (QED) is 0.0879. The first-order valence-corrected chi connectivity index (χ1v) is 21.1. The van der Waals surface area contributed by atoms with Crippen molar-refractivity contribution in [2.45, 2.75) is 122 Å². The van der Waals surface area contributed by atoms with Gasteiger partial charge in [-0.15, -0.1) is 0 Å². The molecule has 0 radical (unpaired) electrons. The van der Waals surface area contributed by atoms with Crippen LogP contribution in [0.3, 0.4) is 0 Å². The van der Waals surface area contributed by atoms with Crippen molar-refractivity contribution in [3.05, 3.63) is 94.9 Å². The normalized spacial score (nSPS) is 35.5. The van der Waals surface area contributed by atoms with Gasteiger partial charge in [-0.25, -0.2) is 28.8 Å². The summed E-state index contributed by atoms with van der Waals surface area (Å²) in [6.07, 6.45) is 17.1. The van der Waals surface area contributed by atoms with E-state index in [1.807, 2.05) is 34.6 Å². The largest absolute Gasteiger partial charge is 0.480 e. The predicted octanol–water partition coefficient (Wildman–Crippen LogP) is 6.86. The molecule has 5 fully saturated rings. The number of hydrogen-bond acceptors (Lipinski definition) is 16. The number of carbonyl (C=O) groups is 6. The van der Waals surface area contributed by atoms with Gasteiger partial charge in [-0.1, -0.05) is 71.1 Å². The van der Waals surface area contributed by atoms with Gasteiger partial charge in [-0.2, -0.15) is 0 Å². The van der Waals surface area contributed by atoms with Crippen LogP contribution in [0.25, 0.3) is 0 Å². The monoisotopic (exact) mass is 860 g/mol. The first-order chi connectivity index (χ1) is 29.4. The molecule has 2 saturated heterocycles. The molecule has 4 spiro atoms. The first kappa shape index (κ1) is 44.0. The molecule has 16 heteroatoms. The molecular formula is C46H52O16. The van der Waals surface area contributed by atoms with Gasteiger partial charge in [0, 0.05) is 50.4 Å². The van der Waals surface area contributed by atoms with E-state index >= 15 is 0 Å². The zero-order chi connectivity index (χ0) is 44.6. The average molecular weight is 861 g/mol. The van der Waals surface area contributed by atoms with Crippen molar-refractivity contribution in [2.24, 2.45) is 29.6 Å². The molecule has 16 nitrogen and oxygen atoms in total. The Balaban J connectivity index is 0.906. The summed E-state index contributed by atoms with van der Waals surface area (Å²) < 4.78 is 45.4. The van der Waals surface area contributed by atoms with Gasteiger partial charge < -0.3 is 48.1 Å². The zero-order valence-corrected chi connectivity index (χ0v) is 35.3. The summed E-state index contributed by atoms with van der Waals surface area (Å²) in [6, 6.07) is 0. The van der Waals surface area contributed by atoms with Crippen molar-refractivity contribution in [2.75, 3.05) is 0 Å². The van der Waals surface area contributed by atoms with E-state index in [0.29, 0.717) is 12.8 Å². The summed E-state index contributed by atoms with van der Waals surface area (Å²) in [7, 11) is 0. The molecule has 62 heavy (non-hydrogen) atoms. The Labute approximate surface area is 358 Å². The summed E-state index contributed by atoms with van der Waals surface area (Å²) >= 11 is 0. The maximum absolute atomic E-state index is 13.0. The highest BCUT2D eigenvalue weighted by Crippen LogP contribution is 2.49. The van der Waals surface area contributed by atoms with E-state index in [1.54, 1.807) is 0 Å². The van der Waals surface area contributed by atoms with Gasteiger partial charge in [0.1, 0.15) is 22.3 Å². The minimum Gasteiger partial charge on any atom is -0.480 e. The van der Waals surface area contributed by atoms with Crippen LogP contribution in [0, 0.1) is 29.6 Å². The van der Waals surface area contributed by atoms with Gasteiger partial charge in [-0.3, -0.25) is 0 Å². The molecule has 7 aliphatic rings. The molecular weight excluding hydrogens is 808 g/mol. The molecule has 7 rings (SSSR count). The van der Waals surface area contributed by atoms with Gasteiger partial charge in [-0.05, 0) is 67.7 Å². The van der Waals surface area contributed by atoms with Crippen molar-refractivity contribution < 1.29 is 76.9 Å². The van der Waals surface area contributed by atoms with E-state index in [-0.39, 0.29) is 66.4 Å². The van der Waals surface area contributed by atoms with E-state index in [1.165, 1.54) is 60.8 Å². The van der Waals surface area contributed by atoms with Crippen molar-refractivity contribution >= 4 is 35.8 Å². The summed E-state index contributed by atoms with van der Waals surface area (Å²) in [5.41, 5.74) is -1.16. The van der Waals surface area contributed by atoms with E-state index in [4.69, 9.17) is 37.9 Å². The maximum Gasteiger partial charge on any atom is 0.348 e. The second-order valence-corrected chi connectivity index (χ2v) is 17.6. The highest BCUT2D eigenvalue weighted by Gasteiger charge is 2.57. The maximum atomic E-state index is 13.0. The fourth-order valence-corrected chi connectivity index (χ4v) is 9.21. The van der Waals surface area contributed by atoms with Crippen molar-refractivity contribution in [1.29, 1.82) is 0 Å². The SMILES string of the molecule is CC1CCC(C)C2(C1)OC(=O)C(/C=C/C=C/C=C1C(=O)OC3(CCC4(CC3)OC(=O)C(=C/C=C/C=C/C3=C(O)OC5(CC(C)CCC5C(C)C)OC3=O)C(=O)O4)OC1=O)=C(O)O2. The lowest BCUT2D eigenvalue weighted by Crippen LogP contribution is -2.56. The fraction of sp³-hybridized carbons (Fsp3) is 0.522. The van der Waals surface area contributed by atoms with E-state index in [9.17, 15) is 39.0 Å². The second kappa shape index (κ2) is 17.0. The number of rotatable bonds is 7. The van der Waals surface area contributed by atoms with Gasteiger partial charge in [0.15, 0.2) is 0 Å².